The molecule has 5 nitrogen and oxygen atoms in total. The van der Waals surface area contributed by atoms with E-state index >= 15 is 0 Å². The molecule has 198 valence electrons. The number of aromatic carboxylic acids is 1. The molecule has 36 heavy (non-hydrogen) atoms. The van der Waals surface area contributed by atoms with E-state index < -0.39 is 36.4 Å². The van der Waals surface area contributed by atoms with Gasteiger partial charge in [-0.2, -0.15) is 8.78 Å². The van der Waals surface area contributed by atoms with E-state index in [1.807, 2.05) is 25.1 Å². The largest absolute Gasteiger partial charge is 0.544 e. The summed E-state index contributed by atoms with van der Waals surface area (Å²) in [6, 6.07) is 12.9. The van der Waals surface area contributed by atoms with Crippen molar-refractivity contribution in [3.05, 3.63) is 57.8 Å². The fourth-order valence-electron chi connectivity index (χ4n) is 4.91. The summed E-state index contributed by atoms with van der Waals surface area (Å²) in [4.78, 5) is 25.4. The van der Waals surface area contributed by atoms with Crippen molar-refractivity contribution in [2.24, 2.45) is 5.92 Å². The molecule has 2 aromatic rings. The van der Waals surface area contributed by atoms with Crippen LogP contribution >= 0.6 is 11.3 Å². The number of unbranched alkanes of at least 4 members (excludes halogenated alkanes) is 2. The molecule has 3 atom stereocenters. The predicted molar refractivity (Wildman–Crippen MR) is 135 cm³/mol. The summed E-state index contributed by atoms with van der Waals surface area (Å²) in [7, 11) is 0. The van der Waals surface area contributed by atoms with E-state index in [0.29, 0.717) is 25.7 Å². The Morgan fingerprint density at radius 2 is 1.86 bits per heavy atom. The number of carbonyl (C=O) groups excluding carboxylic acids is 2. The van der Waals surface area contributed by atoms with Crippen LogP contribution in [-0.2, 0) is 17.6 Å². The lowest BCUT2D eigenvalue weighted by molar-refractivity contribution is -0.254. The standard InChI is InChI=1S/C28H37F2NO4S/c1-20(9-4-2-5-10-21-11-6-3-7-12-21)24(32)16-14-22-19-28(29,30)27(35)31(22)18-8-13-23-15-17-25(36-23)26(33)34/h3,6-7,11-12,15,17,20,22,24,32H,2,4-5,8-10,13-14,16,18-19H2,1H3,(H,33,34)/p-1/t20-,22-,24+/m0/s1. The van der Waals surface area contributed by atoms with Gasteiger partial charge >= 0.3 is 5.92 Å². The number of benzene rings is 1. The highest BCUT2D eigenvalue weighted by Gasteiger charge is 2.52. The minimum absolute atomic E-state index is 0.0736. The molecule has 1 aliphatic heterocycles. The zero-order valence-electron chi connectivity index (χ0n) is 20.8. The number of alkyl halides is 2. The monoisotopic (exact) mass is 520 g/mol. The summed E-state index contributed by atoms with van der Waals surface area (Å²) in [6.07, 6.45) is 5.72. The van der Waals surface area contributed by atoms with Crippen LogP contribution in [0.2, 0.25) is 0 Å². The number of carboxylic acids is 1. The van der Waals surface area contributed by atoms with E-state index in [4.69, 9.17) is 0 Å². The second-order valence-electron chi connectivity index (χ2n) is 9.92. The Bertz CT molecular complexity index is 981. The molecular formula is C28H36F2NO4S-. The van der Waals surface area contributed by atoms with Gasteiger partial charge in [0.2, 0.25) is 0 Å². The van der Waals surface area contributed by atoms with Crippen molar-refractivity contribution in [2.75, 3.05) is 6.54 Å². The van der Waals surface area contributed by atoms with Crippen molar-refractivity contribution in [3.8, 4) is 0 Å². The molecule has 2 heterocycles. The maximum atomic E-state index is 14.2. The molecule has 0 spiro atoms. The van der Waals surface area contributed by atoms with Crippen molar-refractivity contribution >= 4 is 23.2 Å². The summed E-state index contributed by atoms with van der Waals surface area (Å²) in [6.45, 7) is 2.18. The first-order valence-electron chi connectivity index (χ1n) is 12.9. The van der Waals surface area contributed by atoms with Gasteiger partial charge in [0.1, 0.15) is 0 Å². The summed E-state index contributed by atoms with van der Waals surface area (Å²) >= 11 is 1.10. The highest BCUT2D eigenvalue weighted by Crippen LogP contribution is 2.36. The molecule has 1 amide bonds. The number of rotatable bonds is 15. The predicted octanol–water partition coefficient (Wildman–Crippen LogP) is 4.86. The van der Waals surface area contributed by atoms with E-state index in [-0.39, 0.29) is 17.3 Å². The van der Waals surface area contributed by atoms with Crippen LogP contribution in [0.5, 0.6) is 0 Å². The van der Waals surface area contributed by atoms with Crippen LogP contribution in [0.25, 0.3) is 0 Å². The Kier molecular flexibility index (Phi) is 10.4. The molecular weight excluding hydrogens is 484 g/mol. The Morgan fingerprint density at radius 1 is 1.11 bits per heavy atom. The van der Waals surface area contributed by atoms with E-state index in [1.165, 1.54) is 16.5 Å². The fourth-order valence-corrected chi connectivity index (χ4v) is 5.80. The quantitative estimate of drug-likeness (QED) is 0.340. The molecule has 1 saturated heterocycles. The minimum atomic E-state index is -3.37. The Hall–Kier alpha value is -2.32. The van der Waals surface area contributed by atoms with Crippen molar-refractivity contribution in [3.63, 3.8) is 0 Å². The van der Waals surface area contributed by atoms with Gasteiger partial charge in [-0.3, -0.25) is 4.79 Å². The molecule has 0 radical (unpaired) electrons. The van der Waals surface area contributed by atoms with Crippen LogP contribution in [-0.4, -0.2) is 46.5 Å². The summed E-state index contributed by atoms with van der Waals surface area (Å²) in [5.41, 5.74) is 1.33. The topological polar surface area (TPSA) is 80.7 Å². The number of likely N-dealkylation sites (tertiary alicyclic amines) is 1. The molecule has 0 saturated carbocycles. The molecule has 8 heteroatoms. The third kappa shape index (κ3) is 8.10. The van der Waals surface area contributed by atoms with Crippen LogP contribution in [0.3, 0.4) is 0 Å². The second-order valence-corrected chi connectivity index (χ2v) is 11.1. The average molecular weight is 521 g/mol. The number of halogens is 2. The van der Waals surface area contributed by atoms with Crippen LogP contribution in [0.4, 0.5) is 8.78 Å². The van der Waals surface area contributed by atoms with Crippen molar-refractivity contribution < 1.29 is 28.6 Å². The molecule has 1 fully saturated rings. The maximum Gasteiger partial charge on any atom is 0.326 e. The van der Waals surface area contributed by atoms with E-state index in [2.05, 4.69) is 12.1 Å². The third-order valence-corrected chi connectivity index (χ3v) is 8.24. The van der Waals surface area contributed by atoms with Crippen LogP contribution in [0.15, 0.2) is 42.5 Å². The zero-order chi connectivity index (χ0) is 26.1. The lowest BCUT2D eigenvalue weighted by atomic mass is 9.92. The van der Waals surface area contributed by atoms with E-state index in [9.17, 15) is 28.6 Å². The molecule has 0 aliphatic carbocycles. The lowest BCUT2D eigenvalue weighted by Gasteiger charge is -2.26. The van der Waals surface area contributed by atoms with Gasteiger partial charge in [-0.15, -0.1) is 11.3 Å². The molecule has 1 N–H and O–H groups in total. The van der Waals surface area contributed by atoms with E-state index in [1.54, 1.807) is 6.07 Å². The zero-order valence-corrected chi connectivity index (χ0v) is 21.7. The summed E-state index contributed by atoms with van der Waals surface area (Å²) < 4.78 is 28.4. The second kappa shape index (κ2) is 13.3. The van der Waals surface area contributed by atoms with Gasteiger partial charge in [0.25, 0.3) is 5.91 Å². The van der Waals surface area contributed by atoms with Gasteiger partial charge in [-0.1, -0.05) is 50.1 Å². The number of hydrogen-bond acceptors (Lipinski definition) is 5. The van der Waals surface area contributed by atoms with Gasteiger partial charge in [0.05, 0.1) is 17.0 Å². The number of carbonyl (C=O) groups is 2. The first-order valence-corrected chi connectivity index (χ1v) is 13.7. The number of aliphatic hydroxyl groups excluding tert-OH is 1. The van der Waals surface area contributed by atoms with Crippen LogP contribution in [0.1, 0.15) is 78.4 Å². The molecule has 1 aromatic carbocycles. The first kappa shape index (κ1) is 28.3. The van der Waals surface area contributed by atoms with Gasteiger partial charge < -0.3 is 19.9 Å². The molecule has 3 rings (SSSR count). The molecule has 1 aromatic heterocycles. The van der Waals surface area contributed by atoms with Crippen LogP contribution in [0, 0.1) is 5.92 Å². The lowest BCUT2D eigenvalue weighted by Crippen LogP contribution is -2.37. The van der Waals surface area contributed by atoms with Crippen molar-refractivity contribution in [1.82, 2.24) is 4.90 Å². The highest BCUT2D eigenvalue weighted by molar-refractivity contribution is 7.13. The number of aliphatic hydroxyl groups is 1. The average Bonchev–Trinajstić information content (AvgIpc) is 3.41. The number of carboxylic acid groups (broad SMARTS) is 1. The van der Waals surface area contributed by atoms with E-state index in [0.717, 1.165) is 48.3 Å². The van der Waals surface area contributed by atoms with Gasteiger partial charge in [-0.05, 0) is 68.6 Å². The number of nitrogens with zero attached hydrogens (tertiary/aromatic N) is 1. The summed E-state index contributed by atoms with van der Waals surface area (Å²) in [5, 5.41) is 21.5. The fraction of sp³-hybridized carbons (Fsp3) is 0.571. The number of amides is 1. The molecule has 0 unspecified atom stereocenters. The smallest absolute Gasteiger partial charge is 0.326 e. The molecule has 1 aliphatic rings. The summed E-state index contributed by atoms with van der Waals surface area (Å²) in [5.74, 6) is -5.68. The number of thiophene rings is 1. The number of hydrogen-bond donors (Lipinski definition) is 1. The van der Waals surface area contributed by atoms with Gasteiger partial charge in [0, 0.05) is 23.9 Å². The van der Waals surface area contributed by atoms with Crippen molar-refractivity contribution in [1.29, 1.82) is 0 Å². The first-order chi connectivity index (χ1) is 17.2. The van der Waals surface area contributed by atoms with Gasteiger partial charge in [-0.25, -0.2) is 0 Å². The highest BCUT2D eigenvalue weighted by atomic mass is 32.1. The normalized spacial score (nSPS) is 18.9. The van der Waals surface area contributed by atoms with Gasteiger partial charge in [0.15, 0.2) is 0 Å². The van der Waals surface area contributed by atoms with Crippen LogP contribution < -0.4 is 5.11 Å². The third-order valence-electron chi connectivity index (χ3n) is 7.11. The maximum absolute atomic E-state index is 14.2. The molecule has 0 bridgehead atoms. The minimum Gasteiger partial charge on any atom is -0.544 e. The number of aryl methyl sites for hydroxylation is 2. The Labute approximate surface area is 216 Å². The Balaban J connectivity index is 1.39. The Morgan fingerprint density at radius 3 is 2.56 bits per heavy atom. The SMILES string of the molecule is C[C@@H](CCCCCc1ccccc1)[C@H](O)CC[C@H]1CC(F)(F)C(=O)N1CCCc1ccc(C(=O)[O-])s1. The van der Waals surface area contributed by atoms with Crippen molar-refractivity contribution in [2.45, 2.75) is 89.2 Å².